The Balaban J connectivity index is 1.20. The molecule has 26 heavy (non-hydrogen) atoms. The molecule has 2 aliphatic carbocycles. The van der Waals surface area contributed by atoms with Crippen LogP contribution in [0, 0.1) is 23.7 Å². The topological polar surface area (TPSA) is 97.4 Å². The summed E-state index contributed by atoms with van der Waals surface area (Å²) >= 11 is 0. The largest absolute Gasteiger partial charge is 0.352 e. The molecule has 136 valence electrons. The molecule has 2 aromatic rings. The second-order valence-corrected chi connectivity index (χ2v) is 7.57. The number of hydrogen-bond donors (Lipinski definition) is 1. The van der Waals surface area contributed by atoms with Gasteiger partial charge in [0, 0.05) is 33.2 Å². The molecule has 9 heteroatoms. The van der Waals surface area contributed by atoms with Crippen LogP contribution in [0.5, 0.6) is 0 Å². The van der Waals surface area contributed by atoms with Crippen molar-refractivity contribution in [2.24, 2.45) is 30.7 Å². The molecular weight excluding hydrogens is 334 g/mol. The number of imidazole rings is 1. The fourth-order valence-electron chi connectivity index (χ4n) is 4.87. The highest BCUT2D eigenvalue weighted by Gasteiger charge is 2.48. The average molecular weight is 355 g/mol. The number of aromatic nitrogens is 5. The second-order valence-electron chi connectivity index (χ2n) is 7.57. The van der Waals surface area contributed by atoms with E-state index in [1.54, 1.807) is 0 Å². The van der Waals surface area contributed by atoms with Gasteiger partial charge in [-0.15, -0.1) is 5.10 Å². The molecule has 0 radical (unpaired) electrons. The zero-order valence-corrected chi connectivity index (χ0v) is 14.6. The van der Waals surface area contributed by atoms with Gasteiger partial charge in [-0.25, -0.2) is 14.2 Å². The number of amides is 1. The Labute approximate surface area is 149 Å². The van der Waals surface area contributed by atoms with Crippen molar-refractivity contribution in [3.63, 3.8) is 0 Å². The zero-order chi connectivity index (χ0) is 17.8. The molecule has 1 N–H and O–H groups in total. The first-order valence-electron chi connectivity index (χ1n) is 9.08. The Morgan fingerprint density at radius 2 is 2.00 bits per heavy atom. The number of hydrogen-bond acceptors (Lipinski definition) is 6. The average Bonchev–Trinajstić information content (AvgIpc) is 3.38. The first-order chi connectivity index (χ1) is 12.6. The smallest absolute Gasteiger partial charge is 0.349 e. The lowest BCUT2D eigenvalue weighted by Gasteiger charge is -2.18. The van der Waals surface area contributed by atoms with Gasteiger partial charge in [-0.3, -0.25) is 4.79 Å². The molecule has 3 heterocycles. The van der Waals surface area contributed by atoms with Gasteiger partial charge in [0.25, 0.3) is 5.91 Å². The van der Waals surface area contributed by atoms with Crippen molar-refractivity contribution < 1.29 is 4.79 Å². The van der Waals surface area contributed by atoms with Crippen LogP contribution in [0.3, 0.4) is 0 Å². The number of nitrogens with zero attached hydrogens (tertiary/aromatic N) is 6. The minimum absolute atomic E-state index is 0.135. The van der Waals surface area contributed by atoms with Crippen LogP contribution in [0.15, 0.2) is 23.3 Å². The lowest BCUT2D eigenvalue weighted by molar-refractivity contribution is 0.0946. The van der Waals surface area contributed by atoms with E-state index in [1.807, 2.05) is 0 Å². The number of aryl methyl sites for hydroxylation is 1. The van der Waals surface area contributed by atoms with Crippen molar-refractivity contribution in [1.82, 2.24) is 34.6 Å². The van der Waals surface area contributed by atoms with Crippen LogP contribution < -0.4 is 11.0 Å². The SMILES string of the molecule is Cn1nnc2c(C(=O)NCCN3CC4C5C=CC(C5)C4C3)ncn2c1=O. The van der Waals surface area contributed by atoms with Gasteiger partial charge in [0.05, 0.1) is 0 Å². The number of fused-ring (bicyclic) bond motifs is 6. The summed E-state index contributed by atoms with van der Waals surface area (Å²) in [5.41, 5.74) is -0.0620. The number of allylic oxidation sites excluding steroid dienone is 2. The Bertz CT molecular complexity index is 942. The summed E-state index contributed by atoms with van der Waals surface area (Å²) in [6.45, 7) is 3.64. The third kappa shape index (κ3) is 2.30. The Morgan fingerprint density at radius 1 is 1.27 bits per heavy atom. The van der Waals surface area contributed by atoms with Crippen LogP contribution in [0.1, 0.15) is 16.9 Å². The van der Waals surface area contributed by atoms with Crippen molar-refractivity contribution in [3.05, 3.63) is 34.7 Å². The molecule has 4 atom stereocenters. The number of carbonyl (C=O) groups excluding carboxylic acids is 1. The standard InChI is InChI=1S/C17H21N7O2/c1-22-17(26)24-9-19-14(15(24)20-21-22)16(25)18-4-5-23-7-12-10-2-3-11(6-10)13(12)8-23/h2-3,9-13H,4-8H2,1H3,(H,18,25). The van der Waals surface area contributed by atoms with Crippen molar-refractivity contribution >= 4 is 11.6 Å². The van der Waals surface area contributed by atoms with E-state index in [1.165, 1.54) is 24.2 Å². The third-order valence-electron chi connectivity index (χ3n) is 6.17. The van der Waals surface area contributed by atoms with Gasteiger partial charge in [-0.2, -0.15) is 4.68 Å². The lowest BCUT2D eigenvalue weighted by Crippen LogP contribution is -2.35. The fraction of sp³-hybridized carbons (Fsp3) is 0.588. The number of rotatable bonds is 4. The Kier molecular flexibility index (Phi) is 3.46. The second kappa shape index (κ2) is 5.73. The number of carbonyl (C=O) groups is 1. The quantitative estimate of drug-likeness (QED) is 0.729. The molecule has 1 saturated heterocycles. The fourth-order valence-corrected chi connectivity index (χ4v) is 4.87. The van der Waals surface area contributed by atoms with Crippen molar-refractivity contribution in [1.29, 1.82) is 0 Å². The normalized spacial score (nSPS) is 29.6. The molecule has 2 aromatic heterocycles. The van der Waals surface area contributed by atoms with E-state index >= 15 is 0 Å². The van der Waals surface area contributed by atoms with Crippen LogP contribution in [0.25, 0.3) is 5.65 Å². The predicted molar refractivity (Wildman–Crippen MR) is 92.5 cm³/mol. The summed E-state index contributed by atoms with van der Waals surface area (Å²) in [6.07, 6.45) is 7.44. The molecule has 2 bridgehead atoms. The maximum Gasteiger partial charge on any atom is 0.352 e. The Morgan fingerprint density at radius 3 is 2.73 bits per heavy atom. The molecule has 0 aromatic carbocycles. The molecule has 1 aliphatic heterocycles. The predicted octanol–water partition coefficient (Wildman–Crippen LogP) is -0.693. The molecule has 1 amide bonds. The minimum atomic E-state index is -0.381. The maximum atomic E-state index is 12.4. The van der Waals surface area contributed by atoms with Crippen LogP contribution in [-0.4, -0.2) is 61.4 Å². The van der Waals surface area contributed by atoms with Crippen LogP contribution >= 0.6 is 0 Å². The monoisotopic (exact) mass is 355 g/mol. The minimum Gasteiger partial charge on any atom is -0.349 e. The van der Waals surface area contributed by atoms with E-state index in [9.17, 15) is 9.59 Å². The number of nitrogens with one attached hydrogen (secondary N) is 1. The van der Waals surface area contributed by atoms with Gasteiger partial charge >= 0.3 is 5.69 Å². The Hall–Kier alpha value is -2.55. The van der Waals surface area contributed by atoms with E-state index < -0.39 is 0 Å². The molecule has 0 spiro atoms. The summed E-state index contributed by atoms with van der Waals surface area (Å²) in [6, 6.07) is 0. The van der Waals surface area contributed by atoms with Crippen molar-refractivity contribution in [2.75, 3.05) is 26.2 Å². The first-order valence-corrected chi connectivity index (χ1v) is 9.08. The highest BCUT2D eigenvalue weighted by atomic mass is 16.2. The van der Waals surface area contributed by atoms with Gasteiger partial charge in [0.15, 0.2) is 11.3 Å². The third-order valence-corrected chi connectivity index (χ3v) is 6.17. The van der Waals surface area contributed by atoms with E-state index in [4.69, 9.17) is 0 Å². The van der Waals surface area contributed by atoms with Crippen molar-refractivity contribution in [2.45, 2.75) is 6.42 Å². The van der Waals surface area contributed by atoms with E-state index in [0.29, 0.717) is 6.54 Å². The van der Waals surface area contributed by atoms with Gasteiger partial charge < -0.3 is 10.2 Å². The molecule has 3 aliphatic rings. The van der Waals surface area contributed by atoms with Gasteiger partial charge in [0.2, 0.25) is 0 Å². The summed E-state index contributed by atoms with van der Waals surface area (Å²) in [7, 11) is 1.50. The molecule has 4 unspecified atom stereocenters. The summed E-state index contributed by atoms with van der Waals surface area (Å²) in [5, 5.41) is 10.5. The highest BCUT2D eigenvalue weighted by molar-refractivity contribution is 5.97. The van der Waals surface area contributed by atoms with Crippen LogP contribution in [-0.2, 0) is 7.05 Å². The molecule has 5 rings (SSSR count). The molecular formula is C17H21N7O2. The summed E-state index contributed by atoms with van der Waals surface area (Å²) in [5.74, 6) is 2.80. The van der Waals surface area contributed by atoms with Crippen LogP contribution in [0.4, 0.5) is 0 Å². The van der Waals surface area contributed by atoms with E-state index in [-0.39, 0.29) is 22.9 Å². The van der Waals surface area contributed by atoms with Gasteiger partial charge in [-0.05, 0) is 30.1 Å². The molecule has 2 fully saturated rings. The molecule has 1 saturated carbocycles. The van der Waals surface area contributed by atoms with E-state index in [0.717, 1.165) is 48.0 Å². The lowest BCUT2D eigenvalue weighted by atomic mass is 9.86. The van der Waals surface area contributed by atoms with E-state index in [2.05, 4.69) is 37.7 Å². The first kappa shape index (κ1) is 15.7. The van der Waals surface area contributed by atoms with Gasteiger partial charge in [0.1, 0.15) is 6.33 Å². The summed E-state index contributed by atoms with van der Waals surface area (Å²) < 4.78 is 2.33. The van der Waals surface area contributed by atoms with Gasteiger partial charge in [-0.1, -0.05) is 17.4 Å². The maximum absolute atomic E-state index is 12.4. The zero-order valence-electron chi connectivity index (χ0n) is 14.6. The summed E-state index contributed by atoms with van der Waals surface area (Å²) in [4.78, 5) is 30.8. The highest BCUT2D eigenvalue weighted by Crippen LogP contribution is 2.51. The number of likely N-dealkylation sites (tertiary alicyclic amines) is 1. The van der Waals surface area contributed by atoms with Crippen LogP contribution in [0.2, 0.25) is 0 Å². The van der Waals surface area contributed by atoms with Crippen molar-refractivity contribution in [3.8, 4) is 0 Å². The molecule has 9 nitrogen and oxygen atoms in total.